The first-order valence-corrected chi connectivity index (χ1v) is 10.4. The normalized spacial score (nSPS) is 10.8. The Bertz CT molecular complexity index is 937. The van der Waals surface area contributed by atoms with Crippen molar-refractivity contribution in [3.05, 3.63) is 59.7 Å². The molecule has 0 heterocycles. The number of methoxy groups -OCH3 is 1. The molecule has 2 aromatic rings. The quantitative estimate of drug-likeness (QED) is 0.553. The zero-order valence-corrected chi connectivity index (χ0v) is 19.0. The maximum atomic E-state index is 12.2. The van der Waals surface area contributed by atoms with Crippen LogP contribution in [0.2, 0.25) is 0 Å². The average molecular weight is 442 g/mol. The predicted molar refractivity (Wildman–Crippen MR) is 122 cm³/mol. The van der Waals surface area contributed by atoms with Crippen molar-refractivity contribution >= 4 is 23.6 Å². The monoisotopic (exact) mass is 441 g/mol. The summed E-state index contributed by atoms with van der Waals surface area (Å²) >= 11 is 0. The summed E-state index contributed by atoms with van der Waals surface area (Å²) in [6, 6.07) is 14.6. The molecule has 0 aliphatic heterocycles. The number of alkyl carbamates (subject to hydrolysis) is 1. The second-order valence-electron chi connectivity index (χ2n) is 8.23. The number of carbonyl (C=O) groups is 3. The highest BCUT2D eigenvalue weighted by Gasteiger charge is 2.16. The molecule has 0 aliphatic rings. The Morgan fingerprint density at radius 2 is 1.62 bits per heavy atom. The molecule has 172 valence electrons. The van der Waals surface area contributed by atoms with Crippen molar-refractivity contribution in [2.75, 3.05) is 19.0 Å². The largest absolute Gasteiger partial charge is 0.497 e. The highest BCUT2D eigenvalue weighted by Crippen LogP contribution is 2.14. The molecule has 0 aromatic heterocycles. The molecule has 0 bridgehead atoms. The molecule has 2 rings (SSSR count). The van der Waals surface area contributed by atoms with E-state index in [9.17, 15) is 14.4 Å². The van der Waals surface area contributed by atoms with Crippen LogP contribution < -0.4 is 20.7 Å². The van der Waals surface area contributed by atoms with Crippen molar-refractivity contribution in [3.8, 4) is 5.75 Å². The van der Waals surface area contributed by atoms with Crippen molar-refractivity contribution in [3.63, 3.8) is 0 Å². The van der Waals surface area contributed by atoms with E-state index in [1.807, 2.05) is 30.3 Å². The lowest BCUT2D eigenvalue weighted by Gasteiger charge is -2.19. The number of benzene rings is 2. The summed E-state index contributed by atoms with van der Waals surface area (Å²) in [6.45, 7) is 5.82. The smallest absolute Gasteiger partial charge is 0.407 e. The van der Waals surface area contributed by atoms with Gasteiger partial charge in [0.25, 0.3) is 0 Å². The van der Waals surface area contributed by atoms with E-state index in [0.717, 1.165) is 11.1 Å². The van der Waals surface area contributed by atoms with E-state index in [1.165, 1.54) is 0 Å². The lowest BCUT2D eigenvalue weighted by molar-refractivity contribution is -0.120. The Balaban J connectivity index is 1.77. The summed E-state index contributed by atoms with van der Waals surface area (Å²) in [4.78, 5) is 36.0. The average Bonchev–Trinajstić information content (AvgIpc) is 2.71. The van der Waals surface area contributed by atoms with Crippen LogP contribution >= 0.6 is 0 Å². The number of anilines is 1. The summed E-state index contributed by atoms with van der Waals surface area (Å²) in [5.74, 6) is 0.362. The van der Waals surface area contributed by atoms with E-state index in [2.05, 4.69) is 16.0 Å². The lowest BCUT2D eigenvalue weighted by atomic mass is 10.1. The van der Waals surface area contributed by atoms with E-state index in [0.29, 0.717) is 18.0 Å². The number of hydrogen-bond donors (Lipinski definition) is 3. The maximum Gasteiger partial charge on any atom is 0.407 e. The molecule has 0 radical (unpaired) electrons. The van der Waals surface area contributed by atoms with Crippen LogP contribution in [0.3, 0.4) is 0 Å². The second kappa shape index (κ2) is 11.7. The first-order chi connectivity index (χ1) is 15.1. The van der Waals surface area contributed by atoms with Crippen LogP contribution in [0.5, 0.6) is 5.75 Å². The fourth-order valence-electron chi connectivity index (χ4n) is 2.81. The summed E-state index contributed by atoms with van der Waals surface area (Å²) in [5, 5.41) is 8.21. The van der Waals surface area contributed by atoms with E-state index in [1.54, 1.807) is 46.1 Å². The van der Waals surface area contributed by atoms with Gasteiger partial charge in [-0.25, -0.2) is 4.79 Å². The summed E-state index contributed by atoms with van der Waals surface area (Å²) in [7, 11) is 1.59. The van der Waals surface area contributed by atoms with Gasteiger partial charge in [-0.2, -0.15) is 0 Å². The number of hydrogen-bond acceptors (Lipinski definition) is 5. The van der Waals surface area contributed by atoms with Crippen LogP contribution in [-0.2, 0) is 27.3 Å². The number of nitrogens with one attached hydrogen (secondary N) is 3. The number of ether oxygens (including phenoxy) is 2. The van der Waals surface area contributed by atoms with Crippen LogP contribution in [-0.4, -0.2) is 37.2 Å². The molecule has 0 saturated carbocycles. The van der Waals surface area contributed by atoms with Gasteiger partial charge in [0.1, 0.15) is 11.4 Å². The molecule has 0 spiro atoms. The number of carbonyl (C=O) groups excluding carboxylic acids is 3. The molecule has 8 nitrogen and oxygen atoms in total. The fraction of sp³-hybridized carbons (Fsp3) is 0.375. The van der Waals surface area contributed by atoms with Gasteiger partial charge in [0.05, 0.1) is 13.5 Å². The van der Waals surface area contributed by atoms with Crippen molar-refractivity contribution in [2.45, 2.75) is 45.8 Å². The summed E-state index contributed by atoms with van der Waals surface area (Å²) in [5.41, 5.74) is 1.75. The molecule has 2 aromatic carbocycles. The molecule has 3 amide bonds. The van der Waals surface area contributed by atoms with Crippen LogP contribution in [0.1, 0.15) is 38.3 Å². The van der Waals surface area contributed by atoms with E-state index >= 15 is 0 Å². The van der Waals surface area contributed by atoms with Crippen LogP contribution in [0, 0.1) is 0 Å². The van der Waals surface area contributed by atoms with Gasteiger partial charge in [-0.15, -0.1) is 0 Å². The fourth-order valence-corrected chi connectivity index (χ4v) is 2.81. The molecule has 32 heavy (non-hydrogen) atoms. The summed E-state index contributed by atoms with van der Waals surface area (Å²) in [6.07, 6.45) is -0.198. The third-order valence-corrected chi connectivity index (χ3v) is 4.22. The SMILES string of the molecule is COc1cccc(CC(=O)NCc2cccc(NC(=O)CCNC(=O)OC(C)(C)C)c2)c1. The third kappa shape index (κ3) is 9.51. The van der Waals surface area contributed by atoms with Gasteiger partial charge in [-0.3, -0.25) is 9.59 Å². The summed E-state index contributed by atoms with van der Waals surface area (Å²) < 4.78 is 10.3. The standard InChI is InChI=1S/C24H31N3O5/c1-24(2,3)32-23(30)25-12-11-21(28)27-19-9-5-8-18(13-19)16-26-22(29)15-17-7-6-10-20(14-17)31-4/h5-10,13-14H,11-12,15-16H2,1-4H3,(H,25,30)(H,26,29)(H,27,28). The minimum atomic E-state index is -0.587. The molecule has 3 N–H and O–H groups in total. The second-order valence-corrected chi connectivity index (χ2v) is 8.23. The first-order valence-electron chi connectivity index (χ1n) is 10.4. The van der Waals surface area contributed by atoms with Gasteiger partial charge in [-0.05, 0) is 56.2 Å². The minimum Gasteiger partial charge on any atom is -0.497 e. The zero-order chi connectivity index (χ0) is 23.6. The molecular formula is C24H31N3O5. The molecule has 0 saturated heterocycles. The Morgan fingerprint density at radius 1 is 0.906 bits per heavy atom. The molecule has 0 fully saturated rings. The van der Waals surface area contributed by atoms with Crippen LogP contribution in [0.15, 0.2) is 48.5 Å². The highest BCUT2D eigenvalue weighted by molar-refractivity contribution is 5.91. The first kappa shape index (κ1) is 24.7. The molecule has 0 atom stereocenters. The van der Waals surface area contributed by atoms with Gasteiger partial charge in [0, 0.05) is 25.2 Å². The van der Waals surface area contributed by atoms with Gasteiger partial charge >= 0.3 is 6.09 Å². The Kier molecular flexibility index (Phi) is 9.07. The lowest BCUT2D eigenvalue weighted by Crippen LogP contribution is -2.34. The van der Waals surface area contributed by atoms with E-state index in [-0.39, 0.29) is 31.2 Å². The van der Waals surface area contributed by atoms with E-state index in [4.69, 9.17) is 9.47 Å². The third-order valence-electron chi connectivity index (χ3n) is 4.22. The predicted octanol–water partition coefficient (Wildman–Crippen LogP) is 3.41. The van der Waals surface area contributed by atoms with Crippen molar-refractivity contribution in [1.29, 1.82) is 0 Å². The van der Waals surface area contributed by atoms with E-state index < -0.39 is 11.7 Å². The van der Waals surface area contributed by atoms with Gasteiger partial charge in [-0.1, -0.05) is 24.3 Å². The van der Waals surface area contributed by atoms with Crippen LogP contribution in [0.4, 0.5) is 10.5 Å². The Hall–Kier alpha value is -3.55. The van der Waals surface area contributed by atoms with Crippen molar-refractivity contribution in [2.24, 2.45) is 0 Å². The zero-order valence-electron chi connectivity index (χ0n) is 19.0. The Morgan fingerprint density at radius 3 is 2.34 bits per heavy atom. The van der Waals surface area contributed by atoms with Gasteiger partial charge < -0.3 is 25.4 Å². The minimum absolute atomic E-state index is 0.110. The molecule has 0 unspecified atom stereocenters. The van der Waals surface area contributed by atoms with Crippen molar-refractivity contribution in [1.82, 2.24) is 10.6 Å². The highest BCUT2D eigenvalue weighted by atomic mass is 16.6. The molecule has 8 heteroatoms. The number of rotatable bonds is 9. The molecule has 0 aliphatic carbocycles. The van der Waals surface area contributed by atoms with Gasteiger partial charge in [0.15, 0.2) is 0 Å². The maximum absolute atomic E-state index is 12.2. The van der Waals surface area contributed by atoms with Crippen LogP contribution in [0.25, 0.3) is 0 Å². The number of amides is 3. The topological polar surface area (TPSA) is 106 Å². The van der Waals surface area contributed by atoms with Crippen molar-refractivity contribution < 1.29 is 23.9 Å². The molecular weight excluding hydrogens is 410 g/mol. The van der Waals surface area contributed by atoms with Gasteiger partial charge in [0.2, 0.25) is 11.8 Å². The Labute approximate surface area is 188 Å².